The van der Waals surface area contributed by atoms with Gasteiger partial charge in [-0.3, -0.25) is 4.57 Å². The van der Waals surface area contributed by atoms with Crippen LogP contribution in [-0.2, 0) is 11.5 Å². The van der Waals surface area contributed by atoms with Gasteiger partial charge in [-0.05, 0) is 19.1 Å². The summed E-state index contributed by atoms with van der Waals surface area (Å²) >= 11 is 0. The second-order valence-electron chi connectivity index (χ2n) is 6.46. The van der Waals surface area contributed by atoms with Crippen molar-refractivity contribution in [1.82, 2.24) is 9.55 Å². The van der Waals surface area contributed by atoms with Gasteiger partial charge in [0.1, 0.15) is 18.3 Å². The summed E-state index contributed by atoms with van der Waals surface area (Å²) in [5, 5.41) is 9.98. The van der Waals surface area contributed by atoms with Crippen LogP contribution >= 0.6 is 0 Å². The standard InChI is InChI=1S/C24H22N2O2/c1-2-28-17-26-23(19-12-7-4-8-13-19)22(18-10-5-3-6-11-18)25-24(26)20-14-9-15-21(27)16-20/h3-16,27H,2,17H2,1H3. The number of ether oxygens (including phenoxy) is 1. The number of aromatic hydroxyl groups is 1. The van der Waals surface area contributed by atoms with Gasteiger partial charge in [-0.25, -0.2) is 4.98 Å². The topological polar surface area (TPSA) is 47.3 Å². The molecule has 0 fully saturated rings. The number of imidazole rings is 1. The molecular weight excluding hydrogens is 348 g/mol. The normalized spacial score (nSPS) is 10.9. The Morgan fingerprint density at radius 3 is 2.11 bits per heavy atom. The minimum absolute atomic E-state index is 0.214. The van der Waals surface area contributed by atoms with Crippen molar-refractivity contribution in [2.45, 2.75) is 13.7 Å². The van der Waals surface area contributed by atoms with Crippen LogP contribution in [0, 0.1) is 0 Å². The van der Waals surface area contributed by atoms with Crippen molar-refractivity contribution in [3.63, 3.8) is 0 Å². The predicted molar refractivity (Wildman–Crippen MR) is 112 cm³/mol. The van der Waals surface area contributed by atoms with Crippen molar-refractivity contribution in [3.8, 4) is 39.7 Å². The Morgan fingerprint density at radius 1 is 0.821 bits per heavy atom. The summed E-state index contributed by atoms with van der Waals surface area (Å²) in [7, 11) is 0. The van der Waals surface area contributed by atoms with Crippen molar-refractivity contribution in [2.75, 3.05) is 6.61 Å². The number of phenols is 1. The summed E-state index contributed by atoms with van der Waals surface area (Å²) in [4.78, 5) is 4.99. The number of rotatable bonds is 6. The van der Waals surface area contributed by atoms with E-state index in [1.165, 1.54) is 0 Å². The number of hydrogen-bond acceptors (Lipinski definition) is 3. The maximum absolute atomic E-state index is 9.98. The Balaban J connectivity index is 2.00. The zero-order chi connectivity index (χ0) is 19.3. The van der Waals surface area contributed by atoms with Gasteiger partial charge >= 0.3 is 0 Å². The van der Waals surface area contributed by atoms with Crippen molar-refractivity contribution >= 4 is 0 Å². The SMILES string of the molecule is CCOCn1c(-c2cccc(O)c2)nc(-c2ccccc2)c1-c1ccccc1. The molecule has 0 saturated heterocycles. The van der Waals surface area contributed by atoms with E-state index in [0.29, 0.717) is 13.3 Å². The monoisotopic (exact) mass is 370 g/mol. The molecule has 1 heterocycles. The molecule has 0 bridgehead atoms. The van der Waals surface area contributed by atoms with Crippen LogP contribution in [-0.4, -0.2) is 21.3 Å². The minimum atomic E-state index is 0.214. The molecule has 0 radical (unpaired) electrons. The second kappa shape index (κ2) is 8.11. The van der Waals surface area contributed by atoms with Crippen LogP contribution in [0.3, 0.4) is 0 Å². The Hall–Kier alpha value is -3.37. The molecule has 4 rings (SSSR count). The molecule has 0 spiro atoms. The average molecular weight is 370 g/mol. The van der Waals surface area contributed by atoms with Gasteiger partial charge in [0, 0.05) is 23.3 Å². The van der Waals surface area contributed by atoms with Crippen LogP contribution in [0.5, 0.6) is 5.75 Å². The predicted octanol–water partition coefficient (Wildman–Crippen LogP) is 5.58. The average Bonchev–Trinajstić information content (AvgIpc) is 3.13. The van der Waals surface area contributed by atoms with Gasteiger partial charge in [-0.2, -0.15) is 0 Å². The van der Waals surface area contributed by atoms with E-state index >= 15 is 0 Å². The Kier molecular flexibility index (Phi) is 5.22. The highest BCUT2D eigenvalue weighted by molar-refractivity contribution is 5.82. The van der Waals surface area contributed by atoms with E-state index in [1.54, 1.807) is 12.1 Å². The summed E-state index contributed by atoms with van der Waals surface area (Å²) in [5.41, 5.74) is 4.85. The molecule has 1 aromatic heterocycles. The van der Waals surface area contributed by atoms with Gasteiger partial charge in [0.2, 0.25) is 0 Å². The van der Waals surface area contributed by atoms with Gasteiger partial charge in [-0.15, -0.1) is 0 Å². The third kappa shape index (κ3) is 3.55. The number of hydrogen-bond donors (Lipinski definition) is 1. The number of phenolic OH excluding ortho intramolecular Hbond substituents is 1. The number of benzene rings is 3. The molecule has 4 nitrogen and oxygen atoms in total. The van der Waals surface area contributed by atoms with Crippen LogP contribution in [0.4, 0.5) is 0 Å². The quantitative estimate of drug-likeness (QED) is 0.482. The largest absolute Gasteiger partial charge is 0.508 e. The van der Waals surface area contributed by atoms with Crippen molar-refractivity contribution in [2.24, 2.45) is 0 Å². The number of nitrogens with zero attached hydrogens (tertiary/aromatic N) is 2. The first-order valence-corrected chi connectivity index (χ1v) is 9.36. The van der Waals surface area contributed by atoms with Crippen LogP contribution in [0.15, 0.2) is 84.9 Å². The molecule has 0 aliphatic rings. The van der Waals surface area contributed by atoms with E-state index in [0.717, 1.165) is 33.9 Å². The molecule has 0 atom stereocenters. The Morgan fingerprint density at radius 2 is 1.46 bits per heavy atom. The second-order valence-corrected chi connectivity index (χ2v) is 6.46. The molecule has 140 valence electrons. The van der Waals surface area contributed by atoms with E-state index in [4.69, 9.17) is 9.72 Å². The van der Waals surface area contributed by atoms with E-state index in [9.17, 15) is 5.11 Å². The Bertz CT molecular complexity index is 1060. The smallest absolute Gasteiger partial charge is 0.143 e. The fraction of sp³-hybridized carbons (Fsp3) is 0.125. The fourth-order valence-electron chi connectivity index (χ4n) is 3.31. The summed E-state index contributed by atoms with van der Waals surface area (Å²) in [5.74, 6) is 0.980. The van der Waals surface area contributed by atoms with Crippen molar-refractivity contribution in [3.05, 3.63) is 84.9 Å². The zero-order valence-corrected chi connectivity index (χ0v) is 15.7. The molecule has 4 heteroatoms. The first-order valence-electron chi connectivity index (χ1n) is 9.36. The molecule has 3 aromatic carbocycles. The molecule has 1 N–H and O–H groups in total. The lowest BCUT2D eigenvalue weighted by molar-refractivity contribution is 0.0900. The van der Waals surface area contributed by atoms with Crippen LogP contribution in [0.25, 0.3) is 33.9 Å². The summed E-state index contributed by atoms with van der Waals surface area (Å²) in [6.07, 6.45) is 0. The van der Waals surface area contributed by atoms with Crippen LogP contribution in [0.2, 0.25) is 0 Å². The highest BCUT2D eigenvalue weighted by Crippen LogP contribution is 2.36. The maximum atomic E-state index is 9.98. The molecule has 28 heavy (non-hydrogen) atoms. The lowest BCUT2D eigenvalue weighted by Gasteiger charge is -2.13. The summed E-state index contributed by atoms with van der Waals surface area (Å²) in [6, 6.07) is 27.5. The molecular formula is C24H22N2O2. The number of aromatic nitrogens is 2. The van der Waals surface area contributed by atoms with E-state index in [-0.39, 0.29) is 5.75 Å². The highest BCUT2D eigenvalue weighted by Gasteiger charge is 2.21. The van der Waals surface area contributed by atoms with Crippen molar-refractivity contribution < 1.29 is 9.84 Å². The first kappa shape index (κ1) is 18.0. The minimum Gasteiger partial charge on any atom is -0.508 e. The van der Waals surface area contributed by atoms with E-state index < -0.39 is 0 Å². The fourth-order valence-corrected chi connectivity index (χ4v) is 3.31. The van der Waals surface area contributed by atoms with E-state index in [2.05, 4.69) is 28.8 Å². The lowest BCUT2D eigenvalue weighted by atomic mass is 10.0. The summed E-state index contributed by atoms with van der Waals surface area (Å²) < 4.78 is 7.86. The maximum Gasteiger partial charge on any atom is 0.143 e. The van der Waals surface area contributed by atoms with Crippen molar-refractivity contribution in [1.29, 1.82) is 0 Å². The molecule has 4 aromatic rings. The van der Waals surface area contributed by atoms with Gasteiger partial charge in [0.15, 0.2) is 0 Å². The third-order valence-electron chi connectivity index (χ3n) is 4.59. The Labute approximate surface area is 164 Å². The van der Waals surface area contributed by atoms with Crippen LogP contribution < -0.4 is 0 Å². The van der Waals surface area contributed by atoms with Crippen LogP contribution in [0.1, 0.15) is 6.92 Å². The van der Waals surface area contributed by atoms with Gasteiger partial charge in [0.05, 0.1) is 11.4 Å². The molecule has 0 aliphatic heterocycles. The molecule has 0 unspecified atom stereocenters. The molecule has 0 aliphatic carbocycles. The van der Waals surface area contributed by atoms with E-state index in [1.807, 2.05) is 55.5 Å². The summed E-state index contributed by atoms with van der Waals surface area (Å²) in [6.45, 7) is 2.96. The molecule has 0 amide bonds. The van der Waals surface area contributed by atoms with Gasteiger partial charge < -0.3 is 9.84 Å². The zero-order valence-electron chi connectivity index (χ0n) is 15.7. The molecule has 0 saturated carbocycles. The van der Waals surface area contributed by atoms with Gasteiger partial charge in [-0.1, -0.05) is 72.8 Å². The third-order valence-corrected chi connectivity index (χ3v) is 4.59. The van der Waals surface area contributed by atoms with Gasteiger partial charge in [0.25, 0.3) is 0 Å². The first-order chi connectivity index (χ1) is 13.8. The highest BCUT2D eigenvalue weighted by atomic mass is 16.5. The lowest BCUT2D eigenvalue weighted by Crippen LogP contribution is -2.06.